The van der Waals surface area contributed by atoms with Crippen LogP contribution >= 0.6 is 11.3 Å². The highest BCUT2D eigenvalue weighted by atomic mass is 32.1. The van der Waals surface area contributed by atoms with Gasteiger partial charge in [0.05, 0.1) is 6.42 Å². The Kier molecular flexibility index (Phi) is 6.80. The molecular weight excluding hydrogens is 420 g/mol. The predicted molar refractivity (Wildman–Crippen MR) is 128 cm³/mol. The molecule has 1 aliphatic rings. The SMILES string of the molecule is Cc1ccc(N(C(=O)Cc2cccs2)[C@H](C(=O)NC2CCCC2)c2ccc(C)o2)c(C)c1. The van der Waals surface area contributed by atoms with E-state index in [1.54, 1.807) is 16.2 Å². The van der Waals surface area contributed by atoms with Crippen LogP contribution in [0.2, 0.25) is 0 Å². The molecule has 1 aromatic carbocycles. The maximum Gasteiger partial charge on any atom is 0.251 e. The van der Waals surface area contributed by atoms with E-state index >= 15 is 0 Å². The van der Waals surface area contributed by atoms with Crippen molar-refractivity contribution in [1.29, 1.82) is 0 Å². The number of furan rings is 1. The van der Waals surface area contributed by atoms with Crippen LogP contribution in [0.15, 0.2) is 52.3 Å². The molecule has 2 aromatic heterocycles. The molecule has 1 aliphatic carbocycles. The van der Waals surface area contributed by atoms with Gasteiger partial charge in [-0.15, -0.1) is 11.3 Å². The quantitative estimate of drug-likeness (QED) is 0.506. The van der Waals surface area contributed by atoms with Gasteiger partial charge in [-0.3, -0.25) is 14.5 Å². The molecule has 3 aromatic rings. The van der Waals surface area contributed by atoms with Crippen molar-refractivity contribution in [2.45, 2.75) is 65.0 Å². The van der Waals surface area contributed by atoms with Gasteiger partial charge in [-0.2, -0.15) is 0 Å². The average molecular weight is 451 g/mol. The maximum atomic E-state index is 13.7. The van der Waals surface area contributed by atoms with Crippen LogP contribution in [-0.2, 0) is 16.0 Å². The van der Waals surface area contributed by atoms with Crippen LogP contribution in [0.1, 0.15) is 59.2 Å². The van der Waals surface area contributed by atoms with Gasteiger partial charge in [0.1, 0.15) is 11.5 Å². The van der Waals surface area contributed by atoms with E-state index in [4.69, 9.17) is 4.42 Å². The number of carbonyl (C=O) groups excluding carboxylic acids is 2. The van der Waals surface area contributed by atoms with Crippen molar-refractivity contribution in [1.82, 2.24) is 5.32 Å². The average Bonchev–Trinajstić information content (AvgIpc) is 3.50. The Labute approximate surface area is 193 Å². The van der Waals surface area contributed by atoms with E-state index in [0.717, 1.165) is 47.4 Å². The minimum absolute atomic E-state index is 0.125. The molecule has 1 N–H and O–H groups in total. The molecule has 1 fully saturated rings. The highest BCUT2D eigenvalue weighted by molar-refractivity contribution is 7.10. The zero-order chi connectivity index (χ0) is 22.7. The Morgan fingerprint density at radius 1 is 1.12 bits per heavy atom. The number of nitrogens with one attached hydrogen (secondary N) is 1. The Morgan fingerprint density at radius 3 is 2.53 bits per heavy atom. The summed E-state index contributed by atoms with van der Waals surface area (Å²) in [6.45, 7) is 5.85. The molecule has 0 saturated heterocycles. The van der Waals surface area contributed by atoms with Crippen molar-refractivity contribution in [2.75, 3.05) is 4.90 Å². The molecule has 5 nitrogen and oxygen atoms in total. The number of rotatable bonds is 7. The van der Waals surface area contributed by atoms with E-state index in [1.165, 1.54) is 0 Å². The molecule has 2 heterocycles. The van der Waals surface area contributed by atoms with E-state index in [0.29, 0.717) is 11.5 Å². The van der Waals surface area contributed by atoms with Gasteiger partial charge in [-0.05, 0) is 68.8 Å². The predicted octanol–water partition coefficient (Wildman–Crippen LogP) is 5.64. The standard InChI is InChI=1S/C26H30N2O3S/c1-17-10-12-22(18(2)15-17)28(24(29)16-21-9-6-14-32-21)25(23-13-11-19(3)31-23)26(30)27-20-7-4-5-8-20/h6,9-15,20,25H,4-5,7-8,16H2,1-3H3,(H,27,30)/t25-/m0/s1. The molecule has 32 heavy (non-hydrogen) atoms. The van der Waals surface area contributed by atoms with Crippen molar-refractivity contribution in [3.05, 3.63) is 75.4 Å². The third-order valence-corrected chi connectivity index (χ3v) is 6.90. The summed E-state index contributed by atoms with van der Waals surface area (Å²) in [5.41, 5.74) is 2.79. The molecular formula is C26H30N2O3S. The zero-order valence-corrected chi connectivity index (χ0v) is 19.7. The Hall–Kier alpha value is -2.86. The van der Waals surface area contributed by atoms with Crippen molar-refractivity contribution < 1.29 is 14.0 Å². The number of amides is 2. The van der Waals surface area contributed by atoms with Crippen molar-refractivity contribution >= 4 is 28.8 Å². The summed E-state index contributed by atoms with van der Waals surface area (Å²) >= 11 is 1.55. The van der Waals surface area contributed by atoms with Gasteiger partial charge < -0.3 is 9.73 Å². The van der Waals surface area contributed by atoms with Crippen molar-refractivity contribution in [3.8, 4) is 0 Å². The molecule has 168 valence electrons. The molecule has 0 aliphatic heterocycles. The molecule has 0 spiro atoms. The number of benzene rings is 1. The second kappa shape index (κ2) is 9.74. The van der Waals surface area contributed by atoms with E-state index in [-0.39, 0.29) is 24.3 Å². The fraction of sp³-hybridized carbons (Fsp3) is 0.385. The molecule has 6 heteroatoms. The lowest BCUT2D eigenvalue weighted by molar-refractivity contribution is -0.127. The second-order valence-corrected chi connectivity index (χ2v) is 9.68. The molecule has 1 atom stereocenters. The van der Waals surface area contributed by atoms with Crippen LogP contribution in [-0.4, -0.2) is 17.9 Å². The van der Waals surface area contributed by atoms with E-state index in [9.17, 15) is 9.59 Å². The summed E-state index contributed by atoms with van der Waals surface area (Å²) in [7, 11) is 0. The first kappa shape index (κ1) is 22.3. The highest BCUT2D eigenvalue weighted by Gasteiger charge is 2.37. The van der Waals surface area contributed by atoms with Gasteiger partial charge >= 0.3 is 0 Å². The van der Waals surface area contributed by atoms with Crippen LogP contribution in [0.25, 0.3) is 0 Å². The van der Waals surface area contributed by atoms with Crippen LogP contribution in [0.5, 0.6) is 0 Å². The third kappa shape index (κ3) is 4.96. The number of aryl methyl sites for hydroxylation is 3. The first-order valence-electron chi connectivity index (χ1n) is 11.2. The van der Waals surface area contributed by atoms with Gasteiger partial charge in [0.25, 0.3) is 5.91 Å². The fourth-order valence-electron chi connectivity index (χ4n) is 4.46. The van der Waals surface area contributed by atoms with Crippen LogP contribution in [0, 0.1) is 20.8 Å². The lowest BCUT2D eigenvalue weighted by atomic mass is 10.0. The lowest BCUT2D eigenvalue weighted by Crippen LogP contribution is -2.47. The summed E-state index contributed by atoms with van der Waals surface area (Å²) in [6, 6.07) is 12.8. The number of nitrogens with zero attached hydrogens (tertiary/aromatic N) is 1. The summed E-state index contributed by atoms with van der Waals surface area (Å²) in [4.78, 5) is 30.0. The van der Waals surface area contributed by atoms with Crippen molar-refractivity contribution in [3.63, 3.8) is 0 Å². The molecule has 4 rings (SSSR count). The molecule has 0 unspecified atom stereocenters. The third-order valence-electron chi connectivity index (χ3n) is 6.02. The molecule has 2 amide bonds. The number of thiophene rings is 1. The summed E-state index contributed by atoms with van der Waals surface area (Å²) in [5, 5.41) is 5.15. The van der Waals surface area contributed by atoms with Crippen LogP contribution in [0.4, 0.5) is 5.69 Å². The van der Waals surface area contributed by atoms with E-state index in [2.05, 4.69) is 5.32 Å². The minimum Gasteiger partial charge on any atom is -0.464 e. The fourth-order valence-corrected chi connectivity index (χ4v) is 5.16. The first-order chi connectivity index (χ1) is 15.4. The van der Waals surface area contributed by atoms with Crippen molar-refractivity contribution in [2.24, 2.45) is 0 Å². The normalized spacial score (nSPS) is 15.0. The number of hydrogen-bond donors (Lipinski definition) is 1. The van der Waals surface area contributed by atoms with Crippen LogP contribution < -0.4 is 10.2 Å². The first-order valence-corrected chi connectivity index (χ1v) is 12.1. The van der Waals surface area contributed by atoms with Gasteiger partial charge in [0.15, 0.2) is 6.04 Å². The Balaban J connectivity index is 1.77. The molecule has 0 bridgehead atoms. The largest absolute Gasteiger partial charge is 0.464 e. The summed E-state index contributed by atoms with van der Waals surface area (Å²) in [5.74, 6) is 0.883. The minimum atomic E-state index is -0.863. The summed E-state index contributed by atoms with van der Waals surface area (Å²) in [6.07, 6.45) is 4.42. The van der Waals surface area contributed by atoms with Gasteiger partial charge in [-0.1, -0.05) is 36.6 Å². The topological polar surface area (TPSA) is 62.6 Å². The number of anilines is 1. The Morgan fingerprint density at radius 2 is 1.91 bits per heavy atom. The van der Waals surface area contributed by atoms with Crippen LogP contribution in [0.3, 0.4) is 0 Å². The number of carbonyl (C=O) groups is 2. The highest BCUT2D eigenvalue weighted by Crippen LogP contribution is 2.33. The molecule has 0 radical (unpaired) electrons. The van der Waals surface area contributed by atoms with Gasteiger partial charge in [0, 0.05) is 16.6 Å². The second-order valence-electron chi connectivity index (χ2n) is 8.65. The van der Waals surface area contributed by atoms with E-state index < -0.39 is 6.04 Å². The summed E-state index contributed by atoms with van der Waals surface area (Å²) < 4.78 is 5.93. The van der Waals surface area contributed by atoms with E-state index in [1.807, 2.05) is 68.6 Å². The Bertz CT molecular complexity index is 1080. The monoisotopic (exact) mass is 450 g/mol. The smallest absolute Gasteiger partial charge is 0.251 e. The lowest BCUT2D eigenvalue weighted by Gasteiger charge is -2.32. The number of hydrogen-bond acceptors (Lipinski definition) is 4. The maximum absolute atomic E-state index is 13.7. The zero-order valence-electron chi connectivity index (χ0n) is 18.9. The van der Waals surface area contributed by atoms with Gasteiger partial charge in [0.2, 0.25) is 5.91 Å². The van der Waals surface area contributed by atoms with Gasteiger partial charge in [-0.25, -0.2) is 0 Å². The molecule has 1 saturated carbocycles.